The minimum absolute atomic E-state index is 0.695. The van der Waals surface area contributed by atoms with Gasteiger partial charge in [-0.3, -0.25) is 0 Å². The molecular formula is C21H28NOPSe. The maximum absolute atomic E-state index is 5.35. The Morgan fingerprint density at radius 1 is 0.960 bits per heavy atom. The molecule has 0 bridgehead atoms. The molecule has 0 amide bonds. The summed E-state index contributed by atoms with van der Waals surface area (Å²) in [5, 5.41) is 0. The first-order chi connectivity index (χ1) is 12.1. The van der Waals surface area contributed by atoms with Crippen molar-refractivity contribution >= 4 is 20.8 Å². The zero-order chi connectivity index (χ0) is 18.0. The molecule has 134 valence electrons. The normalized spacial score (nSPS) is 11.4. The van der Waals surface area contributed by atoms with Crippen LogP contribution in [0.1, 0.15) is 11.1 Å². The summed E-state index contributed by atoms with van der Waals surface area (Å²) >= 11 is 3.61. The van der Waals surface area contributed by atoms with Crippen molar-refractivity contribution in [2.24, 2.45) is 0 Å². The predicted octanol–water partition coefficient (Wildman–Crippen LogP) is 4.58. The van der Waals surface area contributed by atoms with Gasteiger partial charge in [-0.15, -0.1) is 0 Å². The number of likely N-dealkylation sites (N-methyl/N-ethyl adjacent to an activating group) is 1. The molecular weight excluding hydrogens is 392 g/mol. The van der Waals surface area contributed by atoms with Gasteiger partial charge in [0.2, 0.25) is 0 Å². The molecule has 0 radical (unpaired) electrons. The number of nitrogens with zero attached hydrogens (tertiary/aromatic N) is 1. The van der Waals surface area contributed by atoms with E-state index in [0.717, 1.165) is 19.4 Å². The Hall–Kier alpha value is -1.11. The van der Waals surface area contributed by atoms with E-state index >= 15 is 0 Å². The van der Waals surface area contributed by atoms with Gasteiger partial charge in [0.1, 0.15) is 0 Å². The second-order valence-corrected chi connectivity index (χ2v) is 13.7. The molecule has 0 aromatic heterocycles. The second kappa shape index (κ2) is 10.8. The van der Waals surface area contributed by atoms with Gasteiger partial charge in [0.25, 0.3) is 0 Å². The first kappa shape index (κ1) is 20.2. The summed E-state index contributed by atoms with van der Waals surface area (Å²) in [5.41, 5.74) is 1.49. The molecule has 0 heterocycles. The molecule has 0 aliphatic heterocycles. The van der Waals surface area contributed by atoms with Gasteiger partial charge < -0.3 is 0 Å². The predicted molar refractivity (Wildman–Crippen MR) is 111 cm³/mol. The maximum atomic E-state index is 5.35. The fourth-order valence-corrected chi connectivity index (χ4v) is 7.03. The molecule has 0 atom stereocenters. The van der Waals surface area contributed by atoms with Crippen molar-refractivity contribution in [2.45, 2.75) is 12.8 Å². The average molecular weight is 420 g/mol. The first-order valence-electron chi connectivity index (χ1n) is 8.74. The number of hydrogen-bond acceptors (Lipinski definition) is 2. The Morgan fingerprint density at radius 3 is 1.88 bits per heavy atom. The third kappa shape index (κ3) is 6.96. The first-order valence-corrected chi connectivity index (χ1v) is 13.1. The Balaban J connectivity index is 2.03. The van der Waals surface area contributed by atoms with Crippen LogP contribution in [0.25, 0.3) is 0 Å². The summed E-state index contributed by atoms with van der Waals surface area (Å²) in [6.45, 7) is 5.25. The Labute approximate surface area is 160 Å². The van der Waals surface area contributed by atoms with E-state index in [1.54, 1.807) is 0 Å². The summed E-state index contributed by atoms with van der Waals surface area (Å²) in [5.74, 6) is 0. The van der Waals surface area contributed by atoms with Crippen molar-refractivity contribution in [2.75, 3.05) is 32.5 Å². The van der Waals surface area contributed by atoms with Crippen LogP contribution in [-0.4, -0.2) is 52.3 Å². The quantitative estimate of drug-likeness (QED) is 0.228. The number of benzene rings is 2. The summed E-state index contributed by atoms with van der Waals surface area (Å²) in [4.78, 5) is 0. The molecule has 0 unspecified atom stereocenters. The van der Waals surface area contributed by atoms with E-state index in [9.17, 15) is 0 Å². The van der Waals surface area contributed by atoms with Gasteiger partial charge in [0.05, 0.1) is 0 Å². The molecule has 2 nitrogen and oxygen atoms in total. The van der Waals surface area contributed by atoms with Gasteiger partial charge in [-0.05, 0) is 0 Å². The third-order valence-electron chi connectivity index (χ3n) is 4.46. The molecule has 0 saturated heterocycles. The van der Waals surface area contributed by atoms with Gasteiger partial charge in [-0.2, -0.15) is 0 Å². The molecule has 0 fully saturated rings. The number of rotatable bonds is 11. The topological polar surface area (TPSA) is 12.5 Å². The Bertz CT molecular complexity index is 627. The molecule has 0 aliphatic carbocycles. The van der Waals surface area contributed by atoms with E-state index in [1.165, 1.54) is 29.7 Å². The Kier molecular flexibility index (Phi) is 8.72. The Morgan fingerprint density at radius 2 is 1.44 bits per heavy atom. The van der Waals surface area contributed by atoms with Crippen molar-refractivity contribution in [1.29, 1.82) is 0 Å². The molecule has 0 spiro atoms. The van der Waals surface area contributed by atoms with Gasteiger partial charge in [0, 0.05) is 0 Å². The van der Waals surface area contributed by atoms with Crippen LogP contribution in [0, 0.1) is 0 Å². The van der Waals surface area contributed by atoms with Crippen LogP contribution in [0.2, 0.25) is 0 Å². The fourth-order valence-electron chi connectivity index (χ4n) is 2.80. The standard InChI is InChI=1S/C21H28NOPSe/c1-3-23-17-16-22(2)24(25,18-14-20-10-6-4-7-11-20)19-15-21-12-8-5-9-13-21/h3-13H,1,14-19H2,2H3. The minimum atomic E-state index is -1.34. The van der Waals surface area contributed by atoms with Crippen molar-refractivity contribution in [3.63, 3.8) is 0 Å². The SMILES string of the molecule is C=COCCN(C)P(=[Se])(CCc1ccccc1)CCc1ccccc1. The van der Waals surface area contributed by atoms with Gasteiger partial charge in [-0.25, -0.2) is 0 Å². The molecule has 4 heteroatoms. The summed E-state index contributed by atoms with van der Waals surface area (Å²) < 4.78 is 7.85. The summed E-state index contributed by atoms with van der Waals surface area (Å²) in [6.07, 6.45) is 6.14. The molecule has 0 N–H and O–H groups in total. The number of aryl methyl sites for hydroxylation is 2. The van der Waals surface area contributed by atoms with Gasteiger partial charge >= 0.3 is 160 Å². The van der Waals surface area contributed by atoms with E-state index in [1.807, 2.05) is 0 Å². The monoisotopic (exact) mass is 421 g/mol. The van der Waals surface area contributed by atoms with E-state index in [4.69, 9.17) is 4.74 Å². The van der Waals surface area contributed by atoms with Crippen molar-refractivity contribution in [3.8, 4) is 0 Å². The third-order valence-corrected chi connectivity index (χ3v) is 11.8. The van der Waals surface area contributed by atoms with Crippen molar-refractivity contribution < 1.29 is 4.74 Å². The fraction of sp³-hybridized carbons (Fsp3) is 0.333. The van der Waals surface area contributed by atoms with Gasteiger partial charge in [-0.1, -0.05) is 0 Å². The summed E-state index contributed by atoms with van der Waals surface area (Å²) in [7, 11) is 2.23. The van der Waals surface area contributed by atoms with Crippen LogP contribution in [0.4, 0.5) is 0 Å². The van der Waals surface area contributed by atoms with Crippen LogP contribution in [0.15, 0.2) is 73.5 Å². The van der Waals surface area contributed by atoms with E-state index in [0.29, 0.717) is 6.61 Å². The number of ether oxygens (including phenoxy) is 1. The summed E-state index contributed by atoms with van der Waals surface area (Å²) in [6, 6.07) is 21.6. The number of hydrogen-bond donors (Lipinski definition) is 0. The zero-order valence-electron chi connectivity index (χ0n) is 15.0. The molecule has 2 aromatic carbocycles. The van der Waals surface area contributed by atoms with E-state index < -0.39 is 5.66 Å². The van der Waals surface area contributed by atoms with E-state index in [-0.39, 0.29) is 0 Å². The van der Waals surface area contributed by atoms with Gasteiger partial charge in [0.15, 0.2) is 0 Å². The van der Waals surface area contributed by atoms with Crippen LogP contribution in [-0.2, 0) is 17.6 Å². The van der Waals surface area contributed by atoms with Crippen LogP contribution in [0.3, 0.4) is 0 Å². The molecule has 2 aromatic rings. The molecule has 25 heavy (non-hydrogen) atoms. The van der Waals surface area contributed by atoms with Crippen LogP contribution in [0.5, 0.6) is 0 Å². The molecule has 2 rings (SSSR count). The van der Waals surface area contributed by atoms with Crippen LogP contribution < -0.4 is 0 Å². The van der Waals surface area contributed by atoms with Crippen LogP contribution >= 0.6 is 5.66 Å². The molecule has 0 aliphatic rings. The molecule has 0 saturated carbocycles. The van der Waals surface area contributed by atoms with E-state index in [2.05, 4.69) is 94.1 Å². The second-order valence-electron chi connectivity index (χ2n) is 6.18. The zero-order valence-corrected chi connectivity index (χ0v) is 17.6. The average Bonchev–Trinajstić information content (AvgIpc) is 2.66. The van der Waals surface area contributed by atoms with Crippen molar-refractivity contribution in [1.82, 2.24) is 4.67 Å². The van der Waals surface area contributed by atoms with Crippen molar-refractivity contribution in [3.05, 3.63) is 84.6 Å².